The van der Waals surface area contributed by atoms with Gasteiger partial charge in [-0.3, -0.25) is 13.9 Å². The van der Waals surface area contributed by atoms with Gasteiger partial charge >= 0.3 is 0 Å². The summed E-state index contributed by atoms with van der Waals surface area (Å²) in [7, 11) is -3.81. The van der Waals surface area contributed by atoms with Gasteiger partial charge in [-0.15, -0.1) is 0 Å². The van der Waals surface area contributed by atoms with Crippen LogP contribution in [0.15, 0.2) is 48.5 Å². The van der Waals surface area contributed by atoms with E-state index < -0.39 is 28.5 Å². The van der Waals surface area contributed by atoms with E-state index in [1.54, 1.807) is 19.1 Å². The van der Waals surface area contributed by atoms with Crippen LogP contribution < -0.4 is 19.1 Å². The van der Waals surface area contributed by atoms with Crippen LogP contribution in [0.5, 0.6) is 11.5 Å². The molecule has 0 aliphatic carbocycles. The number of carbonyl (C=O) groups excluding carboxylic acids is 2. The first-order chi connectivity index (χ1) is 15.6. The number of benzene rings is 2. The Morgan fingerprint density at radius 3 is 2.33 bits per heavy atom. The average Bonchev–Trinajstić information content (AvgIpc) is 3.22. The molecule has 0 radical (unpaired) electrons. The maximum Gasteiger partial charge on any atom is 0.244 e. The lowest BCUT2D eigenvalue weighted by molar-refractivity contribution is -0.139. The third-order valence-corrected chi connectivity index (χ3v) is 6.26. The molecule has 10 heteroatoms. The van der Waals surface area contributed by atoms with Crippen molar-refractivity contribution in [3.63, 3.8) is 0 Å². The molecule has 178 valence electrons. The van der Waals surface area contributed by atoms with Crippen molar-refractivity contribution in [3.05, 3.63) is 54.1 Å². The number of hydrogen-bond acceptors (Lipinski definition) is 6. The zero-order valence-electron chi connectivity index (χ0n) is 19.1. The maximum absolute atomic E-state index is 13.4. The highest BCUT2D eigenvalue weighted by molar-refractivity contribution is 7.92. The maximum atomic E-state index is 13.4. The van der Waals surface area contributed by atoms with Crippen LogP contribution >= 0.6 is 0 Å². The summed E-state index contributed by atoms with van der Waals surface area (Å²) in [6.07, 6.45) is 1.03. The first kappa shape index (κ1) is 24.4. The van der Waals surface area contributed by atoms with E-state index in [0.717, 1.165) is 16.1 Å². The molecule has 2 aromatic rings. The fourth-order valence-corrected chi connectivity index (χ4v) is 4.26. The lowest BCUT2D eigenvalue weighted by Gasteiger charge is -2.31. The molecular formula is C23H29N3O6S. The predicted octanol–water partition coefficient (Wildman–Crippen LogP) is 2.12. The molecule has 0 bridgehead atoms. The molecule has 9 nitrogen and oxygen atoms in total. The van der Waals surface area contributed by atoms with Gasteiger partial charge in [0.25, 0.3) is 0 Å². The molecule has 3 rings (SSSR count). The Hall–Kier alpha value is -3.27. The number of fused-ring (bicyclic) bond motifs is 1. The monoisotopic (exact) mass is 475 g/mol. The van der Waals surface area contributed by atoms with Crippen LogP contribution in [0.4, 0.5) is 5.69 Å². The number of nitrogens with zero attached hydrogens (tertiary/aromatic N) is 2. The number of amides is 2. The molecule has 33 heavy (non-hydrogen) atoms. The third-order valence-electron chi connectivity index (χ3n) is 5.12. The zero-order valence-corrected chi connectivity index (χ0v) is 20.0. The second kappa shape index (κ2) is 10.1. The summed E-state index contributed by atoms with van der Waals surface area (Å²) in [6.45, 7) is 5.03. The van der Waals surface area contributed by atoms with Crippen LogP contribution in [0.25, 0.3) is 0 Å². The Morgan fingerprint density at radius 2 is 1.70 bits per heavy atom. The highest BCUT2D eigenvalue weighted by Crippen LogP contribution is 2.36. The first-order valence-corrected chi connectivity index (χ1v) is 12.4. The molecule has 1 atom stereocenters. The van der Waals surface area contributed by atoms with Crippen molar-refractivity contribution in [3.8, 4) is 11.5 Å². The van der Waals surface area contributed by atoms with Crippen LogP contribution in [0.1, 0.15) is 26.3 Å². The molecule has 1 aliphatic rings. The summed E-state index contributed by atoms with van der Waals surface area (Å²) >= 11 is 0. The van der Waals surface area contributed by atoms with Crippen molar-refractivity contribution in [2.45, 2.75) is 39.4 Å². The lowest BCUT2D eigenvalue weighted by Crippen LogP contribution is -2.52. The predicted molar refractivity (Wildman–Crippen MR) is 124 cm³/mol. The van der Waals surface area contributed by atoms with Gasteiger partial charge in [0.05, 0.1) is 11.9 Å². The van der Waals surface area contributed by atoms with E-state index in [0.29, 0.717) is 11.5 Å². The third kappa shape index (κ3) is 6.16. The standard InChI is InChI=1S/C23H29N3O6S/c1-16(2)24-23(28)17(3)25(13-18-8-6-5-7-9-18)22(27)14-26(33(4,29)30)19-10-11-20-21(12-19)32-15-31-20/h5-12,16-17H,13-15H2,1-4H3,(H,24,28). The normalized spacial score (nSPS) is 13.5. The first-order valence-electron chi connectivity index (χ1n) is 10.6. The SMILES string of the molecule is CC(C)NC(=O)C(C)N(Cc1ccccc1)C(=O)CN(c1ccc2c(c1)OCO2)S(C)(=O)=O. The van der Waals surface area contributed by atoms with E-state index >= 15 is 0 Å². The number of ether oxygens (including phenoxy) is 2. The van der Waals surface area contributed by atoms with E-state index in [2.05, 4.69) is 5.32 Å². The Labute approximate surface area is 194 Å². The minimum atomic E-state index is -3.81. The van der Waals surface area contributed by atoms with Crippen molar-refractivity contribution in [2.75, 3.05) is 23.9 Å². The van der Waals surface area contributed by atoms with Crippen LogP contribution in [0.2, 0.25) is 0 Å². The van der Waals surface area contributed by atoms with E-state index in [-0.39, 0.29) is 31.0 Å². The van der Waals surface area contributed by atoms with Crippen LogP contribution in [0.3, 0.4) is 0 Å². The van der Waals surface area contributed by atoms with Gasteiger partial charge in [0, 0.05) is 18.7 Å². The van der Waals surface area contributed by atoms with Crippen molar-refractivity contribution in [1.29, 1.82) is 0 Å². The minimum absolute atomic E-state index is 0.0456. The summed E-state index contributed by atoms with van der Waals surface area (Å²) < 4.78 is 36.8. The molecule has 0 spiro atoms. The molecule has 0 aromatic heterocycles. The molecule has 0 fully saturated rings. The van der Waals surface area contributed by atoms with E-state index in [4.69, 9.17) is 9.47 Å². The number of sulfonamides is 1. The van der Waals surface area contributed by atoms with Crippen molar-refractivity contribution in [1.82, 2.24) is 10.2 Å². The topological polar surface area (TPSA) is 105 Å². The molecule has 2 amide bonds. The molecule has 1 unspecified atom stereocenters. The molecule has 0 saturated heterocycles. The van der Waals surface area contributed by atoms with Crippen LogP contribution in [-0.4, -0.2) is 56.8 Å². The Morgan fingerprint density at radius 1 is 1.03 bits per heavy atom. The Bertz CT molecular complexity index is 1100. The highest BCUT2D eigenvalue weighted by Gasteiger charge is 2.31. The van der Waals surface area contributed by atoms with Gasteiger partial charge in [0.1, 0.15) is 12.6 Å². The van der Waals surface area contributed by atoms with Gasteiger partial charge in [-0.05, 0) is 38.5 Å². The van der Waals surface area contributed by atoms with E-state index in [9.17, 15) is 18.0 Å². The fourth-order valence-electron chi connectivity index (χ4n) is 3.42. The molecule has 1 N–H and O–H groups in total. The van der Waals surface area contributed by atoms with Gasteiger partial charge in [-0.2, -0.15) is 0 Å². The summed E-state index contributed by atoms with van der Waals surface area (Å²) in [6, 6.07) is 13.0. The van der Waals surface area contributed by atoms with Gasteiger partial charge < -0.3 is 19.7 Å². The Balaban J connectivity index is 1.90. The average molecular weight is 476 g/mol. The quantitative estimate of drug-likeness (QED) is 0.596. The molecule has 1 aliphatic heterocycles. The number of rotatable bonds is 9. The highest BCUT2D eigenvalue weighted by atomic mass is 32.2. The number of hydrogen-bond donors (Lipinski definition) is 1. The van der Waals surface area contributed by atoms with Crippen LogP contribution in [-0.2, 0) is 26.2 Å². The van der Waals surface area contributed by atoms with Gasteiger partial charge in [-0.25, -0.2) is 8.42 Å². The summed E-state index contributed by atoms with van der Waals surface area (Å²) in [5.74, 6) is 0.0826. The van der Waals surface area contributed by atoms with Crippen molar-refractivity contribution >= 4 is 27.5 Å². The molecule has 1 heterocycles. The molecule has 2 aromatic carbocycles. The van der Waals surface area contributed by atoms with Crippen molar-refractivity contribution < 1.29 is 27.5 Å². The summed E-state index contributed by atoms with van der Waals surface area (Å²) in [4.78, 5) is 27.5. The number of anilines is 1. The number of nitrogens with one attached hydrogen (secondary N) is 1. The van der Waals surface area contributed by atoms with E-state index in [1.807, 2.05) is 44.2 Å². The summed E-state index contributed by atoms with van der Waals surface area (Å²) in [5, 5.41) is 2.81. The fraction of sp³-hybridized carbons (Fsp3) is 0.391. The lowest BCUT2D eigenvalue weighted by atomic mass is 10.1. The largest absolute Gasteiger partial charge is 0.454 e. The van der Waals surface area contributed by atoms with E-state index in [1.165, 1.54) is 11.0 Å². The zero-order chi connectivity index (χ0) is 24.2. The van der Waals surface area contributed by atoms with Crippen molar-refractivity contribution in [2.24, 2.45) is 0 Å². The smallest absolute Gasteiger partial charge is 0.244 e. The summed E-state index contributed by atoms with van der Waals surface area (Å²) in [5.41, 5.74) is 1.10. The van der Waals surface area contributed by atoms with Gasteiger partial charge in [0.15, 0.2) is 11.5 Å². The molecular weight excluding hydrogens is 446 g/mol. The number of carbonyl (C=O) groups is 2. The Kier molecular flexibility index (Phi) is 7.47. The van der Waals surface area contributed by atoms with Crippen LogP contribution in [0, 0.1) is 0 Å². The molecule has 0 saturated carbocycles. The second-order valence-corrected chi connectivity index (χ2v) is 10.1. The van der Waals surface area contributed by atoms with Gasteiger partial charge in [-0.1, -0.05) is 30.3 Å². The van der Waals surface area contributed by atoms with Gasteiger partial charge in [0.2, 0.25) is 28.6 Å². The second-order valence-electron chi connectivity index (χ2n) is 8.15. The minimum Gasteiger partial charge on any atom is -0.454 e.